The first-order valence-electron chi connectivity index (χ1n) is 9.71. The first-order chi connectivity index (χ1) is 14.5. The van der Waals surface area contributed by atoms with Gasteiger partial charge < -0.3 is 4.90 Å². The summed E-state index contributed by atoms with van der Waals surface area (Å²) in [6, 6.07) is 23.2. The number of anilines is 2. The molecule has 1 fully saturated rings. The van der Waals surface area contributed by atoms with Crippen LogP contribution in [0.2, 0.25) is 5.02 Å². The summed E-state index contributed by atoms with van der Waals surface area (Å²) in [7, 11) is 0. The molecular formula is C24H19ClN2O2S. The van der Waals surface area contributed by atoms with E-state index in [9.17, 15) is 9.59 Å². The molecule has 5 rings (SSSR count). The molecule has 1 spiro atoms. The number of halogens is 1. The Kier molecular flexibility index (Phi) is 4.60. The lowest BCUT2D eigenvalue weighted by Crippen LogP contribution is -2.49. The van der Waals surface area contributed by atoms with E-state index in [2.05, 4.69) is 0 Å². The Balaban J connectivity index is 1.66. The molecule has 4 nitrogen and oxygen atoms in total. The van der Waals surface area contributed by atoms with Gasteiger partial charge in [-0.2, -0.15) is 0 Å². The van der Waals surface area contributed by atoms with Crippen LogP contribution in [0, 0.1) is 6.92 Å². The van der Waals surface area contributed by atoms with Crippen molar-refractivity contribution < 1.29 is 9.59 Å². The highest BCUT2D eigenvalue weighted by Crippen LogP contribution is 2.56. The highest BCUT2D eigenvalue weighted by Gasteiger charge is 2.60. The van der Waals surface area contributed by atoms with Gasteiger partial charge in [-0.3, -0.25) is 14.5 Å². The molecule has 0 aliphatic carbocycles. The lowest BCUT2D eigenvalue weighted by molar-refractivity contribution is -0.123. The monoisotopic (exact) mass is 434 g/mol. The first-order valence-corrected chi connectivity index (χ1v) is 11.1. The molecule has 6 heteroatoms. The lowest BCUT2D eigenvalue weighted by atomic mass is 10.0. The minimum Gasteiger partial charge on any atom is -0.304 e. The normalized spacial score (nSPS) is 20.3. The second kappa shape index (κ2) is 7.18. The number of hydrogen-bond acceptors (Lipinski definition) is 3. The molecule has 1 saturated heterocycles. The zero-order chi connectivity index (χ0) is 20.9. The molecule has 0 aromatic heterocycles. The van der Waals surface area contributed by atoms with Crippen molar-refractivity contribution in [3.63, 3.8) is 0 Å². The Morgan fingerprint density at radius 1 is 1.00 bits per heavy atom. The fourth-order valence-electron chi connectivity index (χ4n) is 4.20. The average molecular weight is 435 g/mol. The van der Waals surface area contributed by atoms with Crippen molar-refractivity contribution in [1.82, 2.24) is 0 Å². The number of aryl methyl sites for hydroxylation is 1. The van der Waals surface area contributed by atoms with Crippen LogP contribution in [0.5, 0.6) is 0 Å². The zero-order valence-electron chi connectivity index (χ0n) is 16.3. The zero-order valence-corrected chi connectivity index (χ0v) is 17.9. The quantitative estimate of drug-likeness (QED) is 0.574. The van der Waals surface area contributed by atoms with Crippen LogP contribution in [0.25, 0.3) is 0 Å². The molecular weight excluding hydrogens is 416 g/mol. The topological polar surface area (TPSA) is 40.6 Å². The van der Waals surface area contributed by atoms with Crippen molar-refractivity contribution in [2.75, 3.05) is 15.6 Å². The third kappa shape index (κ3) is 2.76. The van der Waals surface area contributed by atoms with Crippen molar-refractivity contribution in [2.24, 2.45) is 0 Å². The molecule has 150 valence electrons. The number of para-hydroxylation sites is 1. The number of rotatable bonds is 3. The maximum Gasteiger partial charge on any atom is 0.269 e. The summed E-state index contributed by atoms with van der Waals surface area (Å²) in [6.45, 7) is 2.37. The molecule has 1 unspecified atom stereocenters. The number of carbonyl (C=O) groups is 2. The van der Waals surface area contributed by atoms with E-state index in [0.717, 1.165) is 22.4 Å². The molecule has 2 aliphatic heterocycles. The second-order valence-electron chi connectivity index (χ2n) is 7.49. The molecule has 30 heavy (non-hydrogen) atoms. The molecule has 0 saturated carbocycles. The Morgan fingerprint density at radius 2 is 1.73 bits per heavy atom. The van der Waals surface area contributed by atoms with Crippen molar-refractivity contribution >= 4 is 46.6 Å². The maximum absolute atomic E-state index is 14.0. The molecule has 1 atom stereocenters. The molecule has 2 heterocycles. The van der Waals surface area contributed by atoms with Crippen LogP contribution < -0.4 is 9.80 Å². The first kappa shape index (κ1) is 19.2. The number of hydrogen-bond donors (Lipinski definition) is 0. The fraction of sp³-hybridized carbons (Fsp3) is 0.167. The number of amides is 2. The second-order valence-corrected chi connectivity index (χ2v) is 9.06. The summed E-state index contributed by atoms with van der Waals surface area (Å²) in [5.41, 5.74) is 4.30. The highest BCUT2D eigenvalue weighted by atomic mass is 35.5. The number of carbonyl (C=O) groups excluding carboxylic acids is 2. The van der Waals surface area contributed by atoms with Crippen molar-refractivity contribution in [3.05, 3.63) is 94.5 Å². The minimum atomic E-state index is -1.11. The third-order valence-electron chi connectivity index (χ3n) is 5.66. The molecule has 3 aromatic rings. The molecule has 0 N–H and O–H groups in total. The van der Waals surface area contributed by atoms with Gasteiger partial charge in [0.2, 0.25) is 10.8 Å². The van der Waals surface area contributed by atoms with Crippen LogP contribution in [0.15, 0.2) is 72.8 Å². The largest absolute Gasteiger partial charge is 0.304 e. The van der Waals surface area contributed by atoms with Crippen molar-refractivity contribution in [1.29, 1.82) is 0 Å². The van der Waals surface area contributed by atoms with Gasteiger partial charge in [0.1, 0.15) is 0 Å². The fourth-order valence-corrected chi connectivity index (χ4v) is 5.73. The Hall–Kier alpha value is -2.76. The average Bonchev–Trinajstić information content (AvgIpc) is 3.22. The Morgan fingerprint density at radius 3 is 2.50 bits per heavy atom. The van der Waals surface area contributed by atoms with Gasteiger partial charge in [-0.1, -0.05) is 66.2 Å². The van der Waals surface area contributed by atoms with E-state index in [4.69, 9.17) is 11.6 Å². The molecule has 3 aromatic carbocycles. The Labute approximate surface area is 184 Å². The number of thioether (sulfide) groups is 1. The van der Waals surface area contributed by atoms with E-state index < -0.39 is 4.87 Å². The molecule has 2 aliphatic rings. The van der Waals surface area contributed by atoms with E-state index in [0.29, 0.717) is 17.3 Å². The predicted octanol–water partition coefficient (Wildman–Crippen LogP) is 5.13. The van der Waals surface area contributed by atoms with Crippen LogP contribution in [-0.2, 0) is 21.0 Å². The molecule has 0 radical (unpaired) electrons. The van der Waals surface area contributed by atoms with E-state index >= 15 is 0 Å². The van der Waals surface area contributed by atoms with E-state index in [1.807, 2.05) is 73.7 Å². The van der Waals surface area contributed by atoms with E-state index in [-0.39, 0.29) is 17.6 Å². The lowest BCUT2D eigenvalue weighted by Gasteiger charge is -2.33. The highest BCUT2D eigenvalue weighted by molar-refractivity contribution is 8.02. The van der Waals surface area contributed by atoms with Gasteiger partial charge in [0.15, 0.2) is 0 Å². The van der Waals surface area contributed by atoms with E-state index in [1.54, 1.807) is 15.9 Å². The smallest absolute Gasteiger partial charge is 0.269 e. The summed E-state index contributed by atoms with van der Waals surface area (Å²) in [6.07, 6.45) is 0. The van der Waals surface area contributed by atoms with Crippen molar-refractivity contribution in [2.45, 2.75) is 18.3 Å². The van der Waals surface area contributed by atoms with Gasteiger partial charge in [-0.15, -0.1) is 11.8 Å². The van der Waals surface area contributed by atoms with Crippen LogP contribution in [0.4, 0.5) is 11.4 Å². The maximum atomic E-state index is 14.0. The van der Waals surface area contributed by atoms with E-state index in [1.165, 1.54) is 11.8 Å². The van der Waals surface area contributed by atoms with Gasteiger partial charge >= 0.3 is 0 Å². The summed E-state index contributed by atoms with van der Waals surface area (Å²) in [5.74, 6) is 0.0508. The summed E-state index contributed by atoms with van der Waals surface area (Å²) in [5, 5.41) is 0.576. The SMILES string of the molecule is Cc1ccc(N2C(=O)CSC23C(=O)N(Cc2ccccc2)c2ccccc23)cc1Cl. The number of fused-ring (bicyclic) bond motifs is 2. The number of benzene rings is 3. The summed E-state index contributed by atoms with van der Waals surface area (Å²) >= 11 is 7.75. The summed E-state index contributed by atoms with van der Waals surface area (Å²) in [4.78, 5) is 29.3. The molecule has 0 bridgehead atoms. The summed E-state index contributed by atoms with van der Waals surface area (Å²) < 4.78 is 0. The van der Waals surface area contributed by atoms with Crippen LogP contribution >= 0.6 is 23.4 Å². The Bertz CT molecular complexity index is 1170. The van der Waals surface area contributed by atoms with Gasteiger partial charge in [0.25, 0.3) is 5.91 Å². The van der Waals surface area contributed by atoms with Gasteiger partial charge in [-0.05, 0) is 36.2 Å². The van der Waals surface area contributed by atoms with Crippen LogP contribution in [0.1, 0.15) is 16.7 Å². The van der Waals surface area contributed by atoms with Gasteiger partial charge in [-0.25, -0.2) is 0 Å². The van der Waals surface area contributed by atoms with Crippen LogP contribution in [-0.4, -0.2) is 17.6 Å². The van der Waals surface area contributed by atoms with Crippen LogP contribution in [0.3, 0.4) is 0 Å². The van der Waals surface area contributed by atoms with Crippen molar-refractivity contribution in [3.8, 4) is 0 Å². The minimum absolute atomic E-state index is 0.0929. The predicted molar refractivity (Wildman–Crippen MR) is 122 cm³/mol. The van der Waals surface area contributed by atoms with Gasteiger partial charge in [0.05, 0.1) is 18.0 Å². The third-order valence-corrected chi connectivity index (χ3v) is 7.45. The van der Waals surface area contributed by atoms with Gasteiger partial charge in [0, 0.05) is 16.3 Å². The molecule has 2 amide bonds. The standard InChI is InChI=1S/C24H19ClN2O2S/c1-16-11-12-18(13-20(16)25)27-22(28)15-30-24(27)19-9-5-6-10-21(19)26(23(24)29)14-17-7-3-2-4-8-17/h2-13H,14-15H2,1H3. The number of nitrogens with zero attached hydrogens (tertiary/aromatic N) is 2.